The van der Waals surface area contributed by atoms with Crippen molar-refractivity contribution < 1.29 is 9.59 Å². The average molecular weight is 246 g/mol. The van der Waals surface area contributed by atoms with E-state index in [9.17, 15) is 9.59 Å². The third-order valence-corrected chi connectivity index (χ3v) is 2.84. The lowest BCUT2D eigenvalue weighted by molar-refractivity contribution is 0.0951. The van der Waals surface area contributed by atoms with Gasteiger partial charge in [0.05, 0.1) is 0 Å². The Kier molecular flexibility index (Phi) is 3.97. The molecule has 2 amide bonds. The van der Waals surface area contributed by atoms with Crippen molar-refractivity contribution in [1.29, 1.82) is 0 Å². The zero-order chi connectivity index (χ0) is 13.0. The summed E-state index contributed by atoms with van der Waals surface area (Å²) in [6.07, 6.45) is 3.01. The summed E-state index contributed by atoms with van der Waals surface area (Å²) < 4.78 is 0. The standard InChI is InChI=1S/C14H18N2O2/c1-2-8-15-13(17)10-4-3-5-11(9-10)14(18)16-12-6-7-12/h3-5,9,12H,2,6-8H2,1H3,(H,15,17)(H,16,18). The van der Waals surface area contributed by atoms with Crippen LogP contribution in [0.2, 0.25) is 0 Å². The van der Waals surface area contributed by atoms with E-state index in [1.807, 2.05) is 6.92 Å². The van der Waals surface area contributed by atoms with Gasteiger partial charge in [0.1, 0.15) is 0 Å². The Labute approximate surface area is 107 Å². The van der Waals surface area contributed by atoms with Crippen molar-refractivity contribution in [2.75, 3.05) is 6.54 Å². The van der Waals surface area contributed by atoms with Crippen LogP contribution in [-0.4, -0.2) is 24.4 Å². The van der Waals surface area contributed by atoms with Gasteiger partial charge in [-0.15, -0.1) is 0 Å². The third-order valence-electron chi connectivity index (χ3n) is 2.84. The van der Waals surface area contributed by atoms with Gasteiger partial charge >= 0.3 is 0 Å². The number of carbonyl (C=O) groups is 2. The quantitative estimate of drug-likeness (QED) is 0.831. The minimum absolute atomic E-state index is 0.0948. The summed E-state index contributed by atoms with van der Waals surface area (Å²) in [4.78, 5) is 23.6. The molecule has 4 heteroatoms. The Balaban J connectivity index is 2.03. The topological polar surface area (TPSA) is 58.2 Å². The van der Waals surface area contributed by atoms with Gasteiger partial charge in [0, 0.05) is 23.7 Å². The van der Waals surface area contributed by atoms with Crippen LogP contribution in [0.5, 0.6) is 0 Å². The Hall–Kier alpha value is -1.84. The molecule has 1 aliphatic rings. The third kappa shape index (κ3) is 3.32. The van der Waals surface area contributed by atoms with Gasteiger partial charge in [-0.2, -0.15) is 0 Å². The average Bonchev–Trinajstić information content (AvgIpc) is 3.20. The minimum atomic E-state index is -0.127. The van der Waals surface area contributed by atoms with Gasteiger partial charge in [0.2, 0.25) is 0 Å². The van der Waals surface area contributed by atoms with Crippen molar-refractivity contribution in [3.05, 3.63) is 35.4 Å². The zero-order valence-corrected chi connectivity index (χ0v) is 10.5. The molecular formula is C14H18N2O2. The molecule has 96 valence electrons. The molecule has 1 saturated carbocycles. The Morgan fingerprint density at radius 3 is 2.50 bits per heavy atom. The summed E-state index contributed by atoms with van der Waals surface area (Å²) in [6.45, 7) is 2.65. The van der Waals surface area contributed by atoms with Crippen LogP contribution in [0.4, 0.5) is 0 Å². The monoisotopic (exact) mass is 246 g/mol. The number of nitrogens with one attached hydrogen (secondary N) is 2. The van der Waals surface area contributed by atoms with Crippen molar-refractivity contribution in [3.8, 4) is 0 Å². The zero-order valence-electron chi connectivity index (χ0n) is 10.5. The molecule has 1 fully saturated rings. The van der Waals surface area contributed by atoms with Crippen molar-refractivity contribution in [1.82, 2.24) is 10.6 Å². The molecule has 2 N–H and O–H groups in total. The molecule has 0 aromatic heterocycles. The molecule has 0 unspecified atom stereocenters. The van der Waals surface area contributed by atoms with E-state index in [0.717, 1.165) is 19.3 Å². The highest BCUT2D eigenvalue weighted by Gasteiger charge is 2.23. The molecule has 1 aliphatic carbocycles. The first kappa shape index (κ1) is 12.6. The summed E-state index contributed by atoms with van der Waals surface area (Å²) in [5, 5.41) is 5.71. The van der Waals surface area contributed by atoms with E-state index in [1.165, 1.54) is 0 Å². The number of amides is 2. The van der Waals surface area contributed by atoms with Crippen molar-refractivity contribution in [2.24, 2.45) is 0 Å². The van der Waals surface area contributed by atoms with Crippen LogP contribution in [0.25, 0.3) is 0 Å². The van der Waals surface area contributed by atoms with Gasteiger partial charge in [0.15, 0.2) is 0 Å². The predicted octanol–water partition coefficient (Wildman–Crippen LogP) is 1.72. The molecule has 1 aromatic rings. The number of rotatable bonds is 5. The van der Waals surface area contributed by atoms with Crippen LogP contribution in [0.3, 0.4) is 0 Å². The lowest BCUT2D eigenvalue weighted by atomic mass is 10.1. The molecular weight excluding hydrogens is 228 g/mol. The first-order valence-corrected chi connectivity index (χ1v) is 6.40. The maximum atomic E-state index is 11.8. The fourth-order valence-corrected chi connectivity index (χ4v) is 1.64. The number of hydrogen-bond donors (Lipinski definition) is 2. The summed E-state index contributed by atoms with van der Waals surface area (Å²) in [5.41, 5.74) is 1.08. The maximum absolute atomic E-state index is 11.8. The highest BCUT2D eigenvalue weighted by Crippen LogP contribution is 2.19. The van der Waals surface area contributed by atoms with E-state index in [4.69, 9.17) is 0 Å². The van der Waals surface area contributed by atoms with Gasteiger partial charge in [-0.25, -0.2) is 0 Å². The molecule has 0 bridgehead atoms. The molecule has 2 rings (SSSR count). The lowest BCUT2D eigenvalue weighted by Crippen LogP contribution is -2.27. The van der Waals surface area contributed by atoms with E-state index >= 15 is 0 Å². The first-order valence-electron chi connectivity index (χ1n) is 6.40. The molecule has 0 atom stereocenters. The van der Waals surface area contributed by atoms with Crippen molar-refractivity contribution in [2.45, 2.75) is 32.2 Å². The number of carbonyl (C=O) groups excluding carboxylic acids is 2. The van der Waals surface area contributed by atoms with Gasteiger partial charge in [-0.3, -0.25) is 9.59 Å². The second-order valence-electron chi connectivity index (χ2n) is 4.58. The Morgan fingerprint density at radius 2 is 1.89 bits per heavy atom. The molecule has 1 aromatic carbocycles. The molecule has 0 saturated heterocycles. The van der Waals surface area contributed by atoms with Gasteiger partial charge < -0.3 is 10.6 Å². The highest BCUT2D eigenvalue weighted by molar-refractivity contribution is 5.99. The second kappa shape index (κ2) is 5.67. The normalized spacial score (nSPS) is 14.1. The van der Waals surface area contributed by atoms with Crippen LogP contribution in [0.1, 0.15) is 46.9 Å². The predicted molar refractivity (Wildman–Crippen MR) is 69.6 cm³/mol. The molecule has 0 spiro atoms. The Morgan fingerprint density at radius 1 is 1.22 bits per heavy atom. The lowest BCUT2D eigenvalue weighted by Gasteiger charge is -2.06. The van der Waals surface area contributed by atoms with Crippen LogP contribution < -0.4 is 10.6 Å². The second-order valence-corrected chi connectivity index (χ2v) is 4.58. The molecule has 0 radical (unpaired) electrons. The van der Waals surface area contributed by atoms with E-state index < -0.39 is 0 Å². The summed E-state index contributed by atoms with van der Waals surface area (Å²) in [5.74, 6) is -0.222. The van der Waals surface area contributed by atoms with E-state index in [2.05, 4.69) is 10.6 Å². The van der Waals surface area contributed by atoms with E-state index in [1.54, 1.807) is 24.3 Å². The van der Waals surface area contributed by atoms with Crippen molar-refractivity contribution >= 4 is 11.8 Å². The summed E-state index contributed by atoms with van der Waals surface area (Å²) in [6, 6.07) is 7.16. The summed E-state index contributed by atoms with van der Waals surface area (Å²) >= 11 is 0. The van der Waals surface area contributed by atoms with Crippen LogP contribution in [-0.2, 0) is 0 Å². The number of hydrogen-bond acceptors (Lipinski definition) is 2. The van der Waals surface area contributed by atoms with Gasteiger partial charge in [0.25, 0.3) is 11.8 Å². The van der Waals surface area contributed by atoms with Gasteiger partial charge in [-0.05, 0) is 37.5 Å². The highest BCUT2D eigenvalue weighted by atomic mass is 16.2. The molecule has 0 heterocycles. The van der Waals surface area contributed by atoms with E-state index in [-0.39, 0.29) is 11.8 Å². The Bertz CT molecular complexity index is 453. The first-order chi connectivity index (χ1) is 8.70. The maximum Gasteiger partial charge on any atom is 0.251 e. The molecule has 4 nitrogen and oxygen atoms in total. The smallest absolute Gasteiger partial charge is 0.251 e. The molecule has 0 aliphatic heterocycles. The minimum Gasteiger partial charge on any atom is -0.352 e. The fourth-order valence-electron chi connectivity index (χ4n) is 1.64. The fraction of sp³-hybridized carbons (Fsp3) is 0.429. The SMILES string of the molecule is CCCNC(=O)c1cccc(C(=O)NC2CC2)c1. The van der Waals surface area contributed by atoms with Crippen LogP contribution in [0, 0.1) is 0 Å². The van der Waals surface area contributed by atoms with Crippen LogP contribution >= 0.6 is 0 Å². The van der Waals surface area contributed by atoms with Crippen molar-refractivity contribution in [3.63, 3.8) is 0 Å². The van der Waals surface area contributed by atoms with Gasteiger partial charge in [-0.1, -0.05) is 13.0 Å². The number of benzene rings is 1. The largest absolute Gasteiger partial charge is 0.352 e. The molecule has 18 heavy (non-hydrogen) atoms. The summed E-state index contributed by atoms with van der Waals surface area (Å²) in [7, 11) is 0. The van der Waals surface area contributed by atoms with Crippen LogP contribution in [0.15, 0.2) is 24.3 Å². The van der Waals surface area contributed by atoms with E-state index in [0.29, 0.717) is 23.7 Å².